The Labute approximate surface area is 177 Å². The molecule has 0 atom stereocenters. The molecule has 4 rings (SSSR count). The summed E-state index contributed by atoms with van der Waals surface area (Å²) >= 11 is 0. The van der Waals surface area contributed by atoms with Gasteiger partial charge < -0.3 is 19.5 Å². The predicted octanol–water partition coefficient (Wildman–Crippen LogP) is 3.95. The molecule has 1 aromatic heterocycles. The fraction of sp³-hybridized carbons (Fsp3) is 0.417. The number of nitrogens with zero attached hydrogens (tertiary/aromatic N) is 3. The molecule has 1 N–H and O–H groups in total. The lowest BCUT2D eigenvalue weighted by Gasteiger charge is -2.38. The number of aromatic nitrogens is 2. The van der Waals surface area contributed by atoms with Crippen LogP contribution in [0.2, 0.25) is 0 Å². The quantitative estimate of drug-likeness (QED) is 0.674. The van der Waals surface area contributed by atoms with Crippen molar-refractivity contribution in [3.63, 3.8) is 0 Å². The Balaban J connectivity index is 1.46. The van der Waals surface area contributed by atoms with Gasteiger partial charge in [0, 0.05) is 38.8 Å². The van der Waals surface area contributed by atoms with Crippen molar-refractivity contribution in [2.75, 3.05) is 26.8 Å². The van der Waals surface area contributed by atoms with Gasteiger partial charge >= 0.3 is 6.03 Å². The zero-order valence-corrected chi connectivity index (χ0v) is 17.8. The van der Waals surface area contributed by atoms with E-state index in [-0.39, 0.29) is 11.4 Å². The number of rotatable bonds is 6. The van der Waals surface area contributed by atoms with Crippen LogP contribution in [0.4, 0.5) is 4.79 Å². The summed E-state index contributed by atoms with van der Waals surface area (Å²) in [5, 5.41) is 3.18. The predicted molar refractivity (Wildman–Crippen MR) is 118 cm³/mol. The summed E-state index contributed by atoms with van der Waals surface area (Å²) in [6.07, 6.45) is 1.82. The minimum absolute atomic E-state index is 0.0768. The standard InChI is InChI=1S/C24H30N4O2/c1-3-28-21-12-8-7-11-20(21)26-22(28)17-27(2)23(29)25-18-24(13-15-30-16-14-24)19-9-5-4-6-10-19/h4-12H,3,13-18H2,1-2H3,(H,25,29). The van der Waals surface area contributed by atoms with Crippen molar-refractivity contribution < 1.29 is 9.53 Å². The second-order valence-corrected chi connectivity index (χ2v) is 8.03. The van der Waals surface area contributed by atoms with Crippen LogP contribution in [0.5, 0.6) is 0 Å². The van der Waals surface area contributed by atoms with E-state index in [2.05, 4.69) is 47.1 Å². The van der Waals surface area contributed by atoms with Gasteiger partial charge in [-0.05, 0) is 37.5 Å². The van der Waals surface area contributed by atoms with Gasteiger partial charge in [0.1, 0.15) is 5.82 Å². The molecule has 30 heavy (non-hydrogen) atoms. The van der Waals surface area contributed by atoms with E-state index < -0.39 is 0 Å². The van der Waals surface area contributed by atoms with Gasteiger partial charge in [0.2, 0.25) is 0 Å². The highest BCUT2D eigenvalue weighted by molar-refractivity contribution is 5.76. The average molecular weight is 407 g/mol. The molecule has 6 nitrogen and oxygen atoms in total. The number of fused-ring (bicyclic) bond motifs is 1. The zero-order chi connectivity index (χ0) is 21.0. The van der Waals surface area contributed by atoms with Crippen molar-refractivity contribution in [1.82, 2.24) is 19.8 Å². The number of urea groups is 1. The fourth-order valence-corrected chi connectivity index (χ4v) is 4.38. The lowest BCUT2D eigenvalue weighted by molar-refractivity contribution is 0.0502. The SMILES string of the molecule is CCn1c(CN(C)C(=O)NCC2(c3ccccc3)CCOCC2)nc2ccccc21. The Morgan fingerprint density at radius 1 is 1.13 bits per heavy atom. The molecule has 0 unspecified atom stereocenters. The van der Waals surface area contributed by atoms with Crippen molar-refractivity contribution in [2.24, 2.45) is 0 Å². The normalized spacial score (nSPS) is 15.8. The molecule has 158 valence electrons. The second kappa shape index (κ2) is 8.88. The van der Waals surface area contributed by atoms with E-state index in [4.69, 9.17) is 9.72 Å². The van der Waals surface area contributed by atoms with Crippen molar-refractivity contribution in [3.05, 3.63) is 66.0 Å². The van der Waals surface area contributed by atoms with Crippen molar-refractivity contribution in [2.45, 2.75) is 38.3 Å². The Morgan fingerprint density at radius 2 is 1.83 bits per heavy atom. The number of carbonyl (C=O) groups is 1. The van der Waals surface area contributed by atoms with Crippen LogP contribution in [-0.4, -0.2) is 47.3 Å². The third-order valence-corrected chi connectivity index (χ3v) is 6.19. The first-order chi connectivity index (χ1) is 14.6. The molecule has 6 heteroatoms. The van der Waals surface area contributed by atoms with Crippen LogP contribution < -0.4 is 5.32 Å². The Hall–Kier alpha value is -2.86. The molecular weight excluding hydrogens is 376 g/mol. The molecule has 0 spiro atoms. The van der Waals surface area contributed by atoms with Crippen LogP contribution in [0.15, 0.2) is 54.6 Å². The van der Waals surface area contributed by atoms with Gasteiger partial charge in [-0.2, -0.15) is 0 Å². The molecule has 1 aliphatic rings. The van der Waals surface area contributed by atoms with Gasteiger partial charge in [-0.3, -0.25) is 0 Å². The van der Waals surface area contributed by atoms with E-state index in [9.17, 15) is 4.79 Å². The molecule has 2 amide bonds. The van der Waals surface area contributed by atoms with Crippen LogP contribution in [0.3, 0.4) is 0 Å². The van der Waals surface area contributed by atoms with E-state index in [1.165, 1.54) is 5.56 Å². The minimum atomic E-state index is -0.0773. The lowest BCUT2D eigenvalue weighted by Crippen LogP contribution is -2.47. The Bertz CT molecular complexity index is 993. The number of aryl methyl sites for hydroxylation is 1. The number of carbonyl (C=O) groups excluding carboxylic acids is 1. The summed E-state index contributed by atoms with van der Waals surface area (Å²) in [6, 6.07) is 18.5. The molecule has 1 aliphatic heterocycles. The first-order valence-electron chi connectivity index (χ1n) is 10.7. The number of imidazole rings is 1. The number of nitrogens with one attached hydrogen (secondary N) is 1. The summed E-state index contributed by atoms with van der Waals surface area (Å²) in [5.74, 6) is 0.903. The van der Waals surface area contributed by atoms with Crippen LogP contribution in [-0.2, 0) is 23.2 Å². The van der Waals surface area contributed by atoms with Crippen molar-refractivity contribution >= 4 is 17.1 Å². The molecular formula is C24H30N4O2. The van der Waals surface area contributed by atoms with E-state index in [0.29, 0.717) is 13.1 Å². The molecule has 0 bridgehead atoms. The minimum Gasteiger partial charge on any atom is -0.381 e. The van der Waals surface area contributed by atoms with E-state index in [0.717, 1.165) is 49.5 Å². The maximum absolute atomic E-state index is 12.9. The molecule has 2 aromatic carbocycles. The van der Waals surface area contributed by atoms with E-state index >= 15 is 0 Å². The third-order valence-electron chi connectivity index (χ3n) is 6.19. The largest absolute Gasteiger partial charge is 0.381 e. The fourth-order valence-electron chi connectivity index (χ4n) is 4.38. The van der Waals surface area contributed by atoms with E-state index in [1.807, 2.05) is 31.3 Å². The monoisotopic (exact) mass is 406 g/mol. The van der Waals surface area contributed by atoms with Crippen molar-refractivity contribution in [3.8, 4) is 0 Å². The molecule has 1 saturated heterocycles. The Morgan fingerprint density at radius 3 is 2.57 bits per heavy atom. The van der Waals surface area contributed by atoms with Gasteiger partial charge in [-0.1, -0.05) is 42.5 Å². The maximum Gasteiger partial charge on any atom is 0.317 e. The highest BCUT2D eigenvalue weighted by Crippen LogP contribution is 2.34. The van der Waals surface area contributed by atoms with Crippen molar-refractivity contribution in [1.29, 1.82) is 0 Å². The lowest BCUT2D eigenvalue weighted by atomic mass is 9.74. The number of hydrogen-bond acceptors (Lipinski definition) is 3. The number of hydrogen-bond donors (Lipinski definition) is 1. The summed E-state index contributed by atoms with van der Waals surface area (Å²) in [5.41, 5.74) is 3.26. The highest BCUT2D eigenvalue weighted by Gasteiger charge is 2.35. The molecule has 2 heterocycles. The zero-order valence-electron chi connectivity index (χ0n) is 17.8. The van der Waals surface area contributed by atoms with Crippen LogP contribution in [0.25, 0.3) is 11.0 Å². The van der Waals surface area contributed by atoms with Gasteiger partial charge in [0.25, 0.3) is 0 Å². The molecule has 0 aliphatic carbocycles. The highest BCUT2D eigenvalue weighted by atomic mass is 16.5. The van der Waals surface area contributed by atoms with Gasteiger partial charge in [0.05, 0.1) is 17.6 Å². The molecule has 3 aromatic rings. The topological polar surface area (TPSA) is 59.4 Å². The molecule has 0 saturated carbocycles. The first kappa shape index (κ1) is 20.4. The average Bonchev–Trinajstić information content (AvgIpc) is 3.15. The smallest absolute Gasteiger partial charge is 0.317 e. The number of benzene rings is 2. The van der Waals surface area contributed by atoms with Crippen LogP contribution >= 0.6 is 0 Å². The number of amides is 2. The molecule has 1 fully saturated rings. The van der Waals surface area contributed by atoms with Crippen LogP contribution in [0, 0.1) is 0 Å². The first-order valence-corrected chi connectivity index (χ1v) is 10.7. The van der Waals surface area contributed by atoms with E-state index in [1.54, 1.807) is 4.90 Å². The van der Waals surface area contributed by atoms with Gasteiger partial charge in [0.15, 0.2) is 0 Å². The Kier molecular flexibility index (Phi) is 6.04. The number of ether oxygens (including phenoxy) is 1. The summed E-state index contributed by atoms with van der Waals surface area (Å²) in [7, 11) is 1.83. The summed E-state index contributed by atoms with van der Waals surface area (Å²) in [6.45, 7) is 5.45. The summed E-state index contributed by atoms with van der Waals surface area (Å²) in [4.78, 5) is 19.4. The third kappa shape index (κ3) is 4.05. The van der Waals surface area contributed by atoms with Gasteiger partial charge in [-0.25, -0.2) is 9.78 Å². The summed E-state index contributed by atoms with van der Waals surface area (Å²) < 4.78 is 7.77. The second-order valence-electron chi connectivity index (χ2n) is 8.03. The maximum atomic E-state index is 12.9. The molecule has 0 radical (unpaired) electrons. The van der Waals surface area contributed by atoms with Gasteiger partial charge in [-0.15, -0.1) is 0 Å². The van der Waals surface area contributed by atoms with Crippen LogP contribution in [0.1, 0.15) is 31.2 Å². The number of para-hydroxylation sites is 2.